The fourth-order valence-electron chi connectivity index (χ4n) is 0.989. The zero-order valence-electron chi connectivity index (χ0n) is 6.63. The molecule has 0 unspecified atom stereocenters. The normalized spacial score (nSPS) is 11.9. The Morgan fingerprint density at radius 1 is 1.14 bits per heavy atom. The Hall–Kier alpha value is -0.480. The molecule has 6 heteroatoms. The van der Waals surface area contributed by atoms with E-state index >= 15 is 0 Å². The van der Waals surface area contributed by atoms with Gasteiger partial charge in [0.15, 0.2) is 0 Å². The molecule has 1 aromatic rings. The third-order valence-corrected chi connectivity index (χ3v) is 2.48. The van der Waals surface area contributed by atoms with Crippen LogP contribution in [0.4, 0.5) is 17.6 Å². The van der Waals surface area contributed by atoms with Crippen LogP contribution in [0.1, 0.15) is 11.1 Å². The van der Waals surface area contributed by atoms with Crippen molar-refractivity contribution in [2.75, 3.05) is 0 Å². The fourth-order valence-corrected chi connectivity index (χ4v) is 1.38. The van der Waals surface area contributed by atoms with Crippen LogP contribution >= 0.6 is 23.2 Å². The van der Waals surface area contributed by atoms with Crippen molar-refractivity contribution in [1.82, 2.24) is 0 Å². The molecule has 0 fully saturated rings. The van der Waals surface area contributed by atoms with Crippen molar-refractivity contribution in [3.63, 3.8) is 0 Å². The molecule has 0 aliphatic carbocycles. The number of rotatable bonds is 1. The van der Waals surface area contributed by atoms with Gasteiger partial charge in [-0.1, -0.05) is 23.2 Å². The summed E-state index contributed by atoms with van der Waals surface area (Å²) >= 11 is 10.9. The summed E-state index contributed by atoms with van der Waals surface area (Å²) in [7, 11) is 0. The molecule has 0 amide bonds. The van der Waals surface area contributed by atoms with E-state index in [1.807, 2.05) is 0 Å². The van der Waals surface area contributed by atoms with Crippen molar-refractivity contribution in [1.29, 1.82) is 0 Å². The number of hydrogen-bond acceptors (Lipinski definition) is 0. The quantitative estimate of drug-likeness (QED) is 0.641. The van der Waals surface area contributed by atoms with Gasteiger partial charge in [-0.25, -0.2) is 4.39 Å². The molecule has 0 heterocycles. The lowest BCUT2D eigenvalue weighted by molar-refractivity contribution is -0.138. The average molecular weight is 247 g/mol. The number of hydrogen-bond donors (Lipinski definition) is 0. The van der Waals surface area contributed by atoms with Crippen LogP contribution < -0.4 is 0 Å². The lowest BCUT2D eigenvalue weighted by Crippen LogP contribution is -2.09. The first-order chi connectivity index (χ1) is 6.38. The fraction of sp³-hybridized carbons (Fsp3) is 0.250. The molecule has 0 bridgehead atoms. The summed E-state index contributed by atoms with van der Waals surface area (Å²) in [6.07, 6.45) is -4.62. The molecule has 0 N–H and O–H groups in total. The van der Waals surface area contributed by atoms with Crippen LogP contribution in [0.2, 0.25) is 10.0 Å². The third kappa shape index (κ3) is 2.12. The van der Waals surface area contributed by atoms with Crippen LogP contribution in [0.3, 0.4) is 0 Å². The molecule has 0 saturated carbocycles. The molecule has 1 aromatic carbocycles. The van der Waals surface area contributed by atoms with E-state index in [-0.39, 0.29) is 10.0 Å². The topological polar surface area (TPSA) is 0 Å². The molecule has 0 saturated heterocycles. The highest BCUT2D eigenvalue weighted by molar-refractivity contribution is 6.42. The van der Waals surface area contributed by atoms with Crippen LogP contribution in [0.25, 0.3) is 0 Å². The van der Waals surface area contributed by atoms with Gasteiger partial charge in [-0.15, -0.1) is 0 Å². The van der Waals surface area contributed by atoms with Crippen molar-refractivity contribution in [2.24, 2.45) is 0 Å². The Bertz CT molecular complexity index is 346. The first-order valence-corrected chi connectivity index (χ1v) is 4.23. The smallest absolute Gasteiger partial charge is 0.246 e. The summed E-state index contributed by atoms with van der Waals surface area (Å²) in [6.45, 7) is -1.30. The van der Waals surface area contributed by atoms with Crippen molar-refractivity contribution in [3.05, 3.63) is 33.3 Å². The Labute approximate surface area is 87.4 Å². The molecule has 1 rings (SSSR count). The lowest BCUT2D eigenvalue weighted by atomic mass is 10.1. The lowest BCUT2D eigenvalue weighted by Gasteiger charge is -2.12. The van der Waals surface area contributed by atoms with E-state index in [2.05, 4.69) is 0 Å². The number of alkyl halides is 4. The highest BCUT2D eigenvalue weighted by atomic mass is 35.5. The summed E-state index contributed by atoms with van der Waals surface area (Å²) in [4.78, 5) is 0. The first kappa shape index (κ1) is 11.6. The van der Waals surface area contributed by atoms with E-state index < -0.39 is 24.0 Å². The second kappa shape index (κ2) is 3.95. The second-order valence-corrected chi connectivity index (χ2v) is 3.30. The van der Waals surface area contributed by atoms with E-state index in [0.29, 0.717) is 6.07 Å². The van der Waals surface area contributed by atoms with Gasteiger partial charge in [0.1, 0.15) is 6.67 Å². The minimum Gasteiger partial charge on any atom is -0.246 e. The maximum absolute atomic E-state index is 12.3. The van der Waals surface area contributed by atoms with Gasteiger partial charge in [0.2, 0.25) is 0 Å². The predicted octanol–water partition coefficient (Wildman–Crippen LogP) is 4.48. The Morgan fingerprint density at radius 2 is 1.71 bits per heavy atom. The Balaban J connectivity index is 3.39. The van der Waals surface area contributed by atoms with E-state index in [1.54, 1.807) is 0 Å². The standard InChI is InChI=1S/C8H4Cl2F4/c9-6-2-1-5(8(12,13)14)4(3-11)7(6)10/h1-2H,3H2. The van der Waals surface area contributed by atoms with E-state index in [0.717, 1.165) is 6.07 Å². The van der Waals surface area contributed by atoms with Gasteiger partial charge in [-0.2, -0.15) is 13.2 Å². The molecule has 14 heavy (non-hydrogen) atoms. The zero-order chi connectivity index (χ0) is 10.9. The van der Waals surface area contributed by atoms with Crippen molar-refractivity contribution in [3.8, 4) is 0 Å². The van der Waals surface area contributed by atoms with Gasteiger partial charge in [-0.3, -0.25) is 0 Å². The number of halogens is 6. The van der Waals surface area contributed by atoms with Crippen LogP contribution in [-0.2, 0) is 12.9 Å². The van der Waals surface area contributed by atoms with Crippen molar-refractivity contribution >= 4 is 23.2 Å². The summed E-state index contributed by atoms with van der Waals surface area (Å²) in [6, 6.07) is 1.70. The van der Waals surface area contributed by atoms with Gasteiger partial charge >= 0.3 is 6.18 Å². The van der Waals surface area contributed by atoms with Crippen molar-refractivity contribution < 1.29 is 17.6 Å². The highest BCUT2D eigenvalue weighted by Gasteiger charge is 2.34. The van der Waals surface area contributed by atoms with E-state index in [9.17, 15) is 17.6 Å². The van der Waals surface area contributed by atoms with Gasteiger partial charge in [0.25, 0.3) is 0 Å². The second-order valence-electron chi connectivity index (χ2n) is 2.52. The van der Waals surface area contributed by atoms with Gasteiger partial charge < -0.3 is 0 Å². The monoisotopic (exact) mass is 246 g/mol. The first-order valence-electron chi connectivity index (χ1n) is 3.48. The van der Waals surface area contributed by atoms with E-state index in [1.165, 1.54) is 0 Å². The minimum atomic E-state index is -4.62. The van der Waals surface area contributed by atoms with Gasteiger partial charge in [-0.05, 0) is 12.1 Å². The SMILES string of the molecule is FCc1c(C(F)(F)F)ccc(Cl)c1Cl. The summed E-state index contributed by atoms with van der Waals surface area (Å²) < 4.78 is 49.2. The van der Waals surface area contributed by atoms with Crippen LogP contribution in [-0.4, -0.2) is 0 Å². The van der Waals surface area contributed by atoms with Crippen molar-refractivity contribution in [2.45, 2.75) is 12.9 Å². The molecular weight excluding hydrogens is 243 g/mol. The summed E-state index contributed by atoms with van der Waals surface area (Å²) in [5.41, 5.74) is -1.71. The van der Waals surface area contributed by atoms with Crippen LogP contribution in [0.15, 0.2) is 12.1 Å². The summed E-state index contributed by atoms with van der Waals surface area (Å²) in [5, 5.41) is -0.476. The van der Waals surface area contributed by atoms with Crippen LogP contribution in [0, 0.1) is 0 Å². The maximum Gasteiger partial charge on any atom is 0.416 e. The largest absolute Gasteiger partial charge is 0.416 e. The maximum atomic E-state index is 12.3. The van der Waals surface area contributed by atoms with Gasteiger partial charge in [0, 0.05) is 5.56 Å². The third-order valence-electron chi connectivity index (χ3n) is 1.64. The average Bonchev–Trinajstić information content (AvgIpc) is 2.07. The molecule has 0 atom stereocenters. The highest BCUT2D eigenvalue weighted by Crippen LogP contribution is 2.38. The Morgan fingerprint density at radius 3 is 2.14 bits per heavy atom. The zero-order valence-corrected chi connectivity index (χ0v) is 8.14. The molecule has 0 aliphatic rings. The molecule has 0 aliphatic heterocycles. The number of benzene rings is 1. The summed E-state index contributed by atoms with van der Waals surface area (Å²) in [5.74, 6) is 0. The van der Waals surface area contributed by atoms with Crippen LogP contribution in [0.5, 0.6) is 0 Å². The molecule has 0 aromatic heterocycles. The van der Waals surface area contributed by atoms with Gasteiger partial charge in [0.05, 0.1) is 15.6 Å². The molecule has 0 spiro atoms. The molecule has 78 valence electrons. The molecule has 0 radical (unpaired) electrons. The van der Waals surface area contributed by atoms with E-state index in [4.69, 9.17) is 23.2 Å². The molecular formula is C8H4Cl2F4. The molecule has 0 nitrogen and oxygen atoms in total. The minimum absolute atomic E-state index is 0.0904. The predicted molar refractivity (Wildman–Crippen MR) is 46.3 cm³/mol. The Kier molecular flexibility index (Phi) is 3.27.